The van der Waals surface area contributed by atoms with E-state index in [0.717, 1.165) is 5.56 Å². The van der Waals surface area contributed by atoms with Crippen molar-refractivity contribution in [2.75, 3.05) is 30.3 Å². The van der Waals surface area contributed by atoms with Gasteiger partial charge in [-0.25, -0.2) is 4.79 Å². The summed E-state index contributed by atoms with van der Waals surface area (Å²) in [6, 6.07) is 19.9. The summed E-state index contributed by atoms with van der Waals surface area (Å²) in [5, 5.41) is 20.2. The number of anilines is 2. The lowest BCUT2D eigenvalue weighted by Crippen LogP contribution is -2.44. The molecular formula is C34H35ClN8O5. The van der Waals surface area contributed by atoms with Crippen molar-refractivity contribution in [2.24, 2.45) is 5.92 Å². The van der Waals surface area contributed by atoms with Gasteiger partial charge in [0.1, 0.15) is 12.4 Å². The largest absolute Gasteiger partial charge is 0.466 e. The molecule has 1 aliphatic rings. The molecule has 0 radical (unpaired) electrons. The second-order valence-corrected chi connectivity index (χ2v) is 11.5. The smallest absolute Gasteiger partial charge is 0.321 e. The van der Waals surface area contributed by atoms with Crippen molar-refractivity contribution >= 4 is 52.9 Å². The van der Waals surface area contributed by atoms with Crippen LogP contribution in [0.1, 0.15) is 30.9 Å². The van der Waals surface area contributed by atoms with E-state index < -0.39 is 17.9 Å². The fourth-order valence-electron chi connectivity index (χ4n) is 5.27. The minimum atomic E-state index is -0.909. The molecule has 2 heterocycles. The number of likely N-dealkylation sites (tertiary alicyclic amines) is 1. The van der Waals surface area contributed by atoms with Crippen LogP contribution in [0.3, 0.4) is 0 Å². The summed E-state index contributed by atoms with van der Waals surface area (Å²) in [5.74, 6) is -1.54. The molecule has 0 saturated carbocycles. The number of aromatic nitrogens is 4. The van der Waals surface area contributed by atoms with Crippen LogP contribution in [-0.4, -0.2) is 74.7 Å². The number of carbonyl (C=O) groups is 4. The molecule has 3 N–H and O–H groups in total. The van der Waals surface area contributed by atoms with Crippen LogP contribution in [0.2, 0.25) is 5.02 Å². The summed E-state index contributed by atoms with van der Waals surface area (Å²) in [5.41, 5.74) is 3.08. The van der Waals surface area contributed by atoms with Crippen LogP contribution in [0.15, 0.2) is 85.2 Å². The van der Waals surface area contributed by atoms with Gasteiger partial charge in [0.2, 0.25) is 11.8 Å². The Morgan fingerprint density at radius 3 is 2.48 bits per heavy atom. The van der Waals surface area contributed by atoms with E-state index in [0.29, 0.717) is 60.2 Å². The number of piperidine rings is 1. The summed E-state index contributed by atoms with van der Waals surface area (Å²) in [4.78, 5) is 53.2. The summed E-state index contributed by atoms with van der Waals surface area (Å²) >= 11 is 6.20. The molecule has 4 aromatic rings. The number of hydrogen-bond donors (Lipinski definition) is 3. The van der Waals surface area contributed by atoms with Gasteiger partial charge in [0.25, 0.3) is 0 Å². The molecule has 1 aliphatic heterocycles. The lowest BCUT2D eigenvalue weighted by Gasteiger charge is -2.31. The maximum atomic E-state index is 13.5. The Morgan fingerprint density at radius 2 is 1.77 bits per heavy atom. The monoisotopic (exact) mass is 670 g/mol. The Hall–Kier alpha value is -5.56. The number of hydrogen-bond acceptors (Lipinski definition) is 8. The van der Waals surface area contributed by atoms with E-state index in [2.05, 4.69) is 31.5 Å². The third-order valence-corrected chi connectivity index (χ3v) is 7.88. The van der Waals surface area contributed by atoms with Crippen LogP contribution in [0, 0.1) is 5.92 Å². The summed E-state index contributed by atoms with van der Waals surface area (Å²) in [6.07, 6.45) is 5.96. The van der Waals surface area contributed by atoms with Crippen molar-refractivity contribution in [2.45, 2.75) is 32.2 Å². The number of esters is 1. The Balaban J connectivity index is 1.22. The van der Waals surface area contributed by atoms with Crippen molar-refractivity contribution in [1.29, 1.82) is 0 Å². The number of amides is 4. The molecule has 2 unspecified atom stereocenters. The highest BCUT2D eigenvalue weighted by molar-refractivity contribution is 6.30. The van der Waals surface area contributed by atoms with Crippen molar-refractivity contribution in [3.8, 4) is 5.69 Å². The number of ether oxygens (including phenoxy) is 1. The van der Waals surface area contributed by atoms with Crippen molar-refractivity contribution in [3.63, 3.8) is 0 Å². The van der Waals surface area contributed by atoms with Crippen molar-refractivity contribution < 1.29 is 23.9 Å². The first-order valence-corrected chi connectivity index (χ1v) is 15.9. The first-order chi connectivity index (χ1) is 23.3. The SMILES string of the molecule is CCOC(=O)C1CCCN(C(=O)Nc2ccc(NC(=O)C(Cc3ccccc3)NC(=O)C=Cc3cc(Cl)ccc3-n3cnnn3)cc2)C1. The van der Waals surface area contributed by atoms with Crippen molar-refractivity contribution in [1.82, 2.24) is 30.4 Å². The second kappa shape index (κ2) is 16.3. The zero-order chi connectivity index (χ0) is 33.9. The standard InChI is InChI=1S/C34H35ClN8O5/c1-2-48-33(46)25-9-6-18-42(21-25)34(47)38-28-14-12-27(13-15-28)37-32(45)29(19-23-7-4-3-5-8-23)39-31(44)17-10-24-20-26(35)11-16-30(24)43-22-36-40-41-43/h3-5,7-8,10-17,20,22,25,29H,2,6,9,18-19,21H2,1H3,(H,37,45)(H,38,47)(H,39,44). The molecule has 13 nitrogen and oxygen atoms in total. The van der Waals surface area contributed by atoms with Crippen LogP contribution in [0.25, 0.3) is 11.8 Å². The Kier molecular flexibility index (Phi) is 11.5. The molecule has 0 spiro atoms. The number of halogens is 1. The molecule has 1 aromatic heterocycles. The van der Waals surface area contributed by atoms with Crippen LogP contribution in [0.4, 0.5) is 16.2 Å². The highest BCUT2D eigenvalue weighted by Gasteiger charge is 2.29. The topological polar surface area (TPSA) is 160 Å². The van der Waals surface area contributed by atoms with E-state index in [-0.39, 0.29) is 24.3 Å². The zero-order valence-electron chi connectivity index (χ0n) is 26.2. The molecule has 48 heavy (non-hydrogen) atoms. The number of carbonyl (C=O) groups excluding carboxylic acids is 4. The maximum Gasteiger partial charge on any atom is 0.321 e. The molecule has 2 atom stereocenters. The normalized spacial score (nSPS) is 15.0. The number of benzene rings is 3. The highest BCUT2D eigenvalue weighted by Crippen LogP contribution is 2.22. The third kappa shape index (κ3) is 9.26. The van der Waals surface area contributed by atoms with E-state index in [4.69, 9.17) is 16.3 Å². The number of urea groups is 1. The first-order valence-electron chi connectivity index (χ1n) is 15.5. The summed E-state index contributed by atoms with van der Waals surface area (Å²) < 4.78 is 6.58. The second-order valence-electron chi connectivity index (χ2n) is 11.1. The number of nitrogens with zero attached hydrogens (tertiary/aromatic N) is 5. The van der Waals surface area contributed by atoms with Crippen molar-refractivity contribution in [3.05, 3.63) is 101 Å². The number of nitrogens with one attached hydrogen (secondary N) is 3. The molecule has 1 fully saturated rings. The first kappa shape index (κ1) is 33.8. The molecule has 4 amide bonds. The molecule has 5 rings (SSSR count). The highest BCUT2D eigenvalue weighted by atomic mass is 35.5. The predicted octanol–water partition coefficient (Wildman–Crippen LogP) is 4.50. The molecule has 1 saturated heterocycles. The van der Waals surface area contributed by atoms with E-state index in [1.165, 1.54) is 17.1 Å². The maximum absolute atomic E-state index is 13.5. The van der Waals surface area contributed by atoms with Crippen LogP contribution in [0.5, 0.6) is 0 Å². The van der Waals surface area contributed by atoms with Crippen LogP contribution < -0.4 is 16.0 Å². The minimum absolute atomic E-state index is 0.246. The minimum Gasteiger partial charge on any atom is -0.466 e. The van der Waals surface area contributed by atoms with E-state index in [1.807, 2.05) is 30.3 Å². The molecule has 0 aliphatic carbocycles. The van der Waals surface area contributed by atoms with Gasteiger partial charge < -0.3 is 25.6 Å². The summed E-state index contributed by atoms with van der Waals surface area (Å²) in [7, 11) is 0. The zero-order valence-corrected chi connectivity index (χ0v) is 27.0. The number of tetrazole rings is 1. The lowest BCUT2D eigenvalue weighted by molar-refractivity contribution is -0.149. The van der Waals surface area contributed by atoms with Gasteiger partial charge >= 0.3 is 12.0 Å². The van der Waals surface area contributed by atoms with Gasteiger partial charge in [-0.1, -0.05) is 41.9 Å². The van der Waals surface area contributed by atoms with E-state index in [1.54, 1.807) is 60.4 Å². The molecule has 248 valence electrons. The Bertz CT molecular complexity index is 1750. The molecule has 14 heteroatoms. The van der Waals surface area contributed by atoms with Gasteiger partial charge in [0.05, 0.1) is 18.2 Å². The summed E-state index contributed by atoms with van der Waals surface area (Å²) in [6.45, 7) is 2.89. The molecule has 0 bridgehead atoms. The molecule has 3 aromatic carbocycles. The van der Waals surface area contributed by atoms with E-state index >= 15 is 0 Å². The van der Waals surface area contributed by atoms with E-state index in [9.17, 15) is 19.2 Å². The lowest BCUT2D eigenvalue weighted by atomic mass is 9.98. The van der Waals surface area contributed by atoms with Gasteiger partial charge in [-0.05, 0) is 84.3 Å². The van der Waals surface area contributed by atoms with Gasteiger partial charge in [-0.3, -0.25) is 14.4 Å². The fraction of sp³-hybridized carbons (Fsp3) is 0.265. The quantitative estimate of drug-likeness (QED) is 0.155. The fourth-order valence-corrected chi connectivity index (χ4v) is 5.45. The Morgan fingerprint density at radius 1 is 1.02 bits per heavy atom. The molecular weight excluding hydrogens is 636 g/mol. The van der Waals surface area contributed by atoms with Gasteiger partial charge in [0.15, 0.2) is 0 Å². The van der Waals surface area contributed by atoms with Crippen LogP contribution in [-0.2, 0) is 25.5 Å². The predicted molar refractivity (Wildman–Crippen MR) is 180 cm³/mol. The van der Waals surface area contributed by atoms with Gasteiger partial charge in [-0.15, -0.1) is 5.10 Å². The number of rotatable bonds is 11. The third-order valence-electron chi connectivity index (χ3n) is 7.65. The van der Waals surface area contributed by atoms with Gasteiger partial charge in [-0.2, -0.15) is 4.68 Å². The van der Waals surface area contributed by atoms with Gasteiger partial charge in [0, 0.05) is 47.5 Å². The Labute approximate surface area is 282 Å². The average molecular weight is 671 g/mol. The average Bonchev–Trinajstić information content (AvgIpc) is 3.63. The van der Waals surface area contributed by atoms with Crippen LogP contribution >= 0.6 is 11.6 Å².